The van der Waals surface area contributed by atoms with Gasteiger partial charge in [0.2, 0.25) is 0 Å². The molecule has 0 fully saturated rings. The summed E-state index contributed by atoms with van der Waals surface area (Å²) < 4.78 is 11.2. The molecule has 1 heterocycles. The summed E-state index contributed by atoms with van der Waals surface area (Å²) in [5, 5.41) is 5.28. The van der Waals surface area contributed by atoms with Crippen LogP contribution in [-0.4, -0.2) is 13.7 Å². The average molecular weight is 316 g/mol. The molecule has 1 aromatic carbocycles. The lowest BCUT2D eigenvalue weighted by Gasteiger charge is -2.07. The Morgan fingerprint density at radius 3 is 2.70 bits per heavy atom. The van der Waals surface area contributed by atoms with Crippen LogP contribution in [-0.2, 0) is 17.9 Å². The molecule has 5 heteroatoms. The molecule has 0 bridgehead atoms. The van der Waals surface area contributed by atoms with Crippen LogP contribution in [0.3, 0.4) is 0 Å². The maximum Gasteiger partial charge on any atom is 0.154 e. The first kappa shape index (κ1) is 15.6. The van der Waals surface area contributed by atoms with E-state index >= 15 is 0 Å². The van der Waals surface area contributed by atoms with Gasteiger partial charge in [-0.25, -0.2) is 0 Å². The van der Waals surface area contributed by atoms with E-state index in [1.165, 1.54) is 0 Å². The van der Waals surface area contributed by atoms with Gasteiger partial charge in [0.15, 0.2) is 5.58 Å². The Hall–Kier alpha value is -0.740. The largest absolute Gasteiger partial charge is 0.458 e. The van der Waals surface area contributed by atoms with Crippen molar-refractivity contribution in [1.29, 1.82) is 0 Å². The molecule has 1 N–H and O–H groups in total. The third kappa shape index (κ3) is 3.29. The summed E-state index contributed by atoms with van der Waals surface area (Å²) in [5.41, 5.74) is 1.66. The van der Waals surface area contributed by atoms with Crippen LogP contribution in [0.25, 0.3) is 11.0 Å². The Labute approximate surface area is 129 Å². The van der Waals surface area contributed by atoms with Gasteiger partial charge in [-0.2, -0.15) is 0 Å². The van der Waals surface area contributed by atoms with Crippen LogP contribution in [0.1, 0.15) is 25.2 Å². The summed E-state index contributed by atoms with van der Waals surface area (Å²) in [6, 6.07) is 3.71. The fraction of sp³-hybridized carbons (Fsp3) is 0.467. The van der Waals surface area contributed by atoms with Crippen molar-refractivity contribution in [3.8, 4) is 0 Å². The minimum absolute atomic E-state index is 0.455. The normalized spacial score (nSPS) is 11.7. The Kier molecular flexibility index (Phi) is 5.33. The lowest BCUT2D eigenvalue weighted by Crippen LogP contribution is -2.19. The molecule has 0 saturated carbocycles. The Morgan fingerprint density at radius 2 is 2.05 bits per heavy atom. The number of benzene rings is 1. The predicted molar refractivity (Wildman–Crippen MR) is 83.5 cm³/mol. The summed E-state index contributed by atoms with van der Waals surface area (Å²) in [6.07, 6.45) is 0. The number of methoxy groups -OCH3 is 1. The maximum absolute atomic E-state index is 6.21. The van der Waals surface area contributed by atoms with Crippen LogP contribution >= 0.6 is 23.2 Å². The first-order valence-electron chi connectivity index (χ1n) is 6.62. The van der Waals surface area contributed by atoms with Gasteiger partial charge in [0, 0.05) is 18.1 Å². The number of furan rings is 1. The van der Waals surface area contributed by atoms with Gasteiger partial charge < -0.3 is 14.5 Å². The van der Waals surface area contributed by atoms with Crippen LogP contribution in [0.2, 0.25) is 10.0 Å². The summed E-state index contributed by atoms with van der Waals surface area (Å²) in [6.45, 7) is 6.40. The molecule has 3 nitrogen and oxygen atoms in total. The smallest absolute Gasteiger partial charge is 0.154 e. The zero-order valence-electron chi connectivity index (χ0n) is 11.9. The van der Waals surface area contributed by atoms with Gasteiger partial charge >= 0.3 is 0 Å². The van der Waals surface area contributed by atoms with Crippen molar-refractivity contribution in [2.45, 2.75) is 27.0 Å². The van der Waals surface area contributed by atoms with Crippen LogP contribution in [0.5, 0.6) is 0 Å². The number of fused-ring (bicyclic) bond motifs is 1. The van der Waals surface area contributed by atoms with Gasteiger partial charge in [-0.1, -0.05) is 37.0 Å². The molecular formula is C15H19Cl2NO2. The van der Waals surface area contributed by atoms with Crippen molar-refractivity contribution in [3.05, 3.63) is 33.5 Å². The monoisotopic (exact) mass is 315 g/mol. The number of nitrogens with one attached hydrogen (secondary N) is 1. The molecule has 0 atom stereocenters. The molecule has 110 valence electrons. The third-order valence-electron chi connectivity index (χ3n) is 3.06. The lowest BCUT2D eigenvalue weighted by atomic mass is 10.1. The van der Waals surface area contributed by atoms with Crippen LogP contribution in [0.4, 0.5) is 0 Å². The van der Waals surface area contributed by atoms with E-state index in [-0.39, 0.29) is 0 Å². The summed E-state index contributed by atoms with van der Waals surface area (Å²) in [5.74, 6) is 1.44. The van der Waals surface area contributed by atoms with E-state index in [1.807, 2.05) is 6.07 Å². The minimum Gasteiger partial charge on any atom is -0.458 e. The highest BCUT2D eigenvalue weighted by molar-refractivity contribution is 6.44. The van der Waals surface area contributed by atoms with Crippen LogP contribution in [0.15, 0.2) is 16.5 Å². The van der Waals surface area contributed by atoms with Crippen LogP contribution < -0.4 is 5.32 Å². The standard InChI is InChI=1S/C15H19Cl2NO2/c1-9(2)6-18-7-13-11(8-19-3)10-4-5-12(16)14(17)15(10)20-13/h4-5,9,18H,6-8H2,1-3H3. The molecule has 2 aromatic rings. The zero-order valence-corrected chi connectivity index (χ0v) is 13.4. The van der Waals surface area contributed by atoms with E-state index in [4.69, 9.17) is 32.4 Å². The second-order valence-corrected chi connectivity index (χ2v) is 5.98. The van der Waals surface area contributed by atoms with Gasteiger partial charge in [0.1, 0.15) is 10.8 Å². The first-order valence-corrected chi connectivity index (χ1v) is 7.38. The predicted octanol–water partition coefficient (Wildman–Crippen LogP) is 4.63. The summed E-state index contributed by atoms with van der Waals surface area (Å²) in [4.78, 5) is 0. The van der Waals surface area contributed by atoms with Crippen molar-refractivity contribution in [2.24, 2.45) is 5.92 Å². The second-order valence-electron chi connectivity index (χ2n) is 5.20. The fourth-order valence-corrected chi connectivity index (χ4v) is 2.48. The van der Waals surface area contributed by atoms with Crippen LogP contribution in [0, 0.1) is 5.92 Å². The molecular weight excluding hydrogens is 297 g/mol. The average Bonchev–Trinajstić information content (AvgIpc) is 2.73. The SMILES string of the molecule is COCc1c(CNCC(C)C)oc2c(Cl)c(Cl)ccc12. The van der Waals surface area contributed by atoms with Crippen molar-refractivity contribution >= 4 is 34.2 Å². The molecule has 0 aliphatic heterocycles. The molecule has 0 aliphatic rings. The minimum atomic E-state index is 0.455. The maximum atomic E-state index is 6.21. The Morgan fingerprint density at radius 1 is 1.30 bits per heavy atom. The topological polar surface area (TPSA) is 34.4 Å². The van der Waals surface area contributed by atoms with Gasteiger partial charge in [-0.3, -0.25) is 0 Å². The van der Waals surface area contributed by atoms with Crippen molar-refractivity contribution in [3.63, 3.8) is 0 Å². The van der Waals surface area contributed by atoms with E-state index in [9.17, 15) is 0 Å². The molecule has 2 rings (SSSR count). The number of rotatable bonds is 6. The van der Waals surface area contributed by atoms with E-state index in [1.54, 1.807) is 13.2 Å². The number of hydrogen-bond acceptors (Lipinski definition) is 3. The van der Waals surface area contributed by atoms with Gasteiger partial charge in [0.25, 0.3) is 0 Å². The van der Waals surface area contributed by atoms with Crippen molar-refractivity contribution in [2.75, 3.05) is 13.7 Å². The lowest BCUT2D eigenvalue weighted by molar-refractivity contribution is 0.183. The molecule has 0 aliphatic carbocycles. The third-order valence-corrected chi connectivity index (χ3v) is 3.85. The van der Waals surface area contributed by atoms with Crippen molar-refractivity contribution in [1.82, 2.24) is 5.32 Å². The van der Waals surface area contributed by atoms with Crippen molar-refractivity contribution < 1.29 is 9.15 Å². The Balaban J connectivity index is 2.37. The van der Waals surface area contributed by atoms with E-state index in [0.717, 1.165) is 23.3 Å². The number of ether oxygens (including phenoxy) is 1. The summed E-state index contributed by atoms with van der Waals surface area (Å²) >= 11 is 12.2. The molecule has 0 radical (unpaired) electrons. The van der Waals surface area contributed by atoms with E-state index in [2.05, 4.69) is 19.2 Å². The fourth-order valence-electron chi connectivity index (χ4n) is 2.12. The quantitative estimate of drug-likeness (QED) is 0.843. The molecule has 0 amide bonds. The van der Waals surface area contributed by atoms with E-state index < -0.39 is 0 Å². The zero-order chi connectivity index (χ0) is 14.7. The van der Waals surface area contributed by atoms with Gasteiger partial charge in [-0.05, 0) is 24.6 Å². The molecule has 1 aromatic heterocycles. The molecule has 0 saturated heterocycles. The highest BCUT2D eigenvalue weighted by Gasteiger charge is 2.17. The first-order chi connectivity index (χ1) is 9.54. The molecule has 20 heavy (non-hydrogen) atoms. The Bertz CT molecular complexity index is 593. The van der Waals surface area contributed by atoms with E-state index in [0.29, 0.717) is 34.7 Å². The highest BCUT2D eigenvalue weighted by Crippen LogP contribution is 2.36. The summed E-state index contributed by atoms with van der Waals surface area (Å²) in [7, 11) is 1.67. The van der Waals surface area contributed by atoms with Gasteiger partial charge in [0.05, 0.1) is 18.2 Å². The number of halogens is 2. The molecule has 0 unspecified atom stereocenters. The highest BCUT2D eigenvalue weighted by atomic mass is 35.5. The van der Waals surface area contributed by atoms with Gasteiger partial charge in [-0.15, -0.1) is 0 Å². The molecule has 0 spiro atoms. The second kappa shape index (κ2) is 6.81. The number of hydrogen-bond donors (Lipinski definition) is 1.